The molecule has 1 atom stereocenters. The molecule has 2 N–H and O–H groups in total. The zero-order valence-electron chi connectivity index (χ0n) is 13.6. The van der Waals surface area contributed by atoms with Crippen LogP contribution in [0.25, 0.3) is 0 Å². The lowest BCUT2D eigenvalue weighted by atomic mass is 10.1. The van der Waals surface area contributed by atoms with Gasteiger partial charge < -0.3 is 24.8 Å². The van der Waals surface area contributed by atoms with E-state index in [0.29, 0.717) is 22.8 Å². The van der Waals surface area contributed by atoms with Gasteiger partial charge in [-0.05, 0) is 19.1 Å². The van der Waals surface area contributed by atoms with Crippen LogP contribution in [0.4, 0.5) is 0 Å². The summed E-state index contributed by atoms with van der Waals surface area (Å²) in [4.78, 5) is 23.4. The summed E-state index contributed by atoms with van der Waals surface area (Å²) < 4.78 is 15.6. The largest absolute Gasteiger partial charge is 0.493 e. The first kappa shape index (κ1) is 18.9. The Kier molecular flexibility index (Phi) is 7.47. The highest BCUT2D eigenvalue weighted by Crippen LogP contribution is 2.38. The summed E-state index contributed by atoms with van der Waals surface area (Å²) in [6, 6.07) is 3.10. The lowest BCUT2D eigenvalue weighted by Gasteiger charge is -2.14. The normalized spacial score (nSPS) is 11.3. The number of amides is 2. The fraction of sp³-hybridized carbons (Fsp3) is 0.467. The molecule has 7 nitrogen and oxygen atoms in total. The Labute approximate surface area is 140 Å². The van der Waals surface area contributed by atoms with Crippen LogP contribution >= 0.6 is 11.6 Å². The van der Waals surface area contributed by atoms with E-state index >= 15 is 0 Å². The molecule has 0 fully saturated rings. The highest BCUT2D eigenvalue weighted by Gasteiger charge is 2.16. The second kappa shape index (κ2) is 9.09. The smallest absolute Gasteiger partial charge is 0.251 e. The van der Waals surface area contributed by atoms with Crippen LogP contribution in [0.3, 0.4) is 0 Å². The Morgan fingerprint density at radius 3 is 2.00 bits per heavy atom. The number of methoxy groups -OCH3 is 3. The van der Waals surface area contributed by atoms with Gasteiger partial charge in [0.1, 0.15) is 5.38 Å². The molecule has 0 spiro atoms. The van der Waals surface area contributed by atoms with Crippen LogP contribution in [0.5, 0.6) is 17.2 Å². The second-order valence-corrected chi connectivity index (χ2v) is 5.23. The molecule has 0 aliphatic rings. The Hall–Kier alpha value is -2.15. The topological polar surface area (TPSA) is 85.9 Å². The Bertz CT molecular complexity index is 538. The molecule has 0 heterocycles. The maximum absolute atomic E-state index is 12.2. The number of ether oxygens (including phenoxy) is 3. The third-order valence-corrected chi connectivity index (χ3v) is 3.20. The van der Waals surface area contributed by atoms with Crippen LogP contribution in [0.15, 0.2) is 12.1 Å². The number of hydrogen-bond acceptors (Lipinski definition) is 5. The fourth-order valence-corrected chi connectivity index (χ4v) is 1.89. The number of carbonyl (C=O) groups excluding carboxylic acids is 2. The van der Waals surface area contributed by atoms with Gasteiger partial charge in [-0.1, -0.05) is 0 Å². The van der Waals surface area contributed by atoms with Crippen LogP contribution in [-0.2, 0) is 4.79 Å². The van der Waals surface area contributed by atoms with Crippen molar-refractivity contribution in [1.29, 1.82) is 0 Å². The molecule has 128 valence electrons. The van der Waals surface area contributed by atoms with Crippen molar-refractivity contribution in [2.75, 3.05) is 34.4 Å². The molecule has 8 heteroatoms. The minimum atomic E-state index is -0.610. The molecule has 1 aromatic carbocycles. The number of hydrogen-bond donors (Lipinski definition) is 2. The van der Waals surface area contributed by atoms with Crippen LogP contribution in [-0.4, -0.2) is 51.6 Å². The molecule has 2 amide bonds. The highest BCUT2D eigenvalue weighted by atomic mass is 35.5. The van der Waals surface area contributed by atoms with E-state index in [0.717, 1.165) is 0 Å². The molecular formula is C15H21ClN2O5. The van der Waals surface area contributed by atoms with Crippen molar-refractivity contribution in [3.05, 3.63) is 17.7 Å². The van der Waals surface area contributed by atoms with E-state index in [2.05, 4.69) is 10.6 Å². The number of alkyl halides is 1. The summed E-state index contributed by atoms with van der Waals surface area (Å²) in [7, 11) is 4.43. The molecule has 1 aromatic rings. The Balaban J connectivity index is 2.71. The van der Waals surface area contributed by atoms with Crippen molar-refractivity contribution in [2.45, 2.75) is 12.3 Å². The minimum absolute atomic E-state index is 0.269. The third-order valence-electron chi connectivity index (χ3n) is 3.00. The minimum Gasteiger partial charge on any atom is -0.493 e. The van der Waals surface area contributed by atoms with Gasteiger partial charge in [-0.3, -0.25) is 9.59 Å². The number of benzene rings is 1. The van der Waals surface area contributed by atoms with Gasteiger partial charge in [0, 0.05) is 18.7 Å². The monoisotopic (exact) mass is 344 g/mol. The lowest BCUT2D eigenvalue weighted by Crippen LogP contribution is -2.37. The number of carbonyl (C=O) groups is 2. The molecule has 0 radical (unpaired) electrons. The Morgan fingerprint density at radius 2 is 1.57 bits per heavy atom. The molecular weight excluding hydrogens is 324 g/mol. The number of halogens is 1. The maximum Gasteiger partial charge on any atom is 0.251 e. The molecule has 0 saturated carbocycles. The van der Waals surface area contributed by atoms with E-state index in [4.69, 9.17) is 25.8 Å². The molecule has 0 aliphatic heterocycles. The van der Waals surface area contributed by atoms with Gasteiger partial charge in [0.05, 0.1) is 21.3 Å². The van der Waals surface area contributed by atoms with Crippen molar-refractivity contribution in [3.63, 3.8) is 0 Å². The zero-order chi connectivity index (χ0) is 17.4. The average molecular weight is 345 g/mol. The highest BCUT2D eigenvalue weighted by molar-refractivity contribution is 6.30. The average Bonchev–Trinajstić information content (AvgIpc) is 2.56. The number of rotatable bonds is 8. The molecule has 0 aliphatic carbocycles. The predicted molar refractivity (Wildman–Crippen MR) is 86.8 cm³/mol. The van der Waals surface area contributed by atoms with Gasteiger partial charge >= 0.3 is 0 Å². The summed E-state index contributed by atoms with van der Waals surface area (Å²) in [5.41, 5.74) is 0.358. The molecule has 0 bridgehead atoms. The quantitative estimate of drug-likeness (QED) is 0.546. The molecule has 1 rings (SSSR count). The van der Waals surface area contributed by atoms with Crippen molar-refractivity contribution in [3.8, 4) is 17.2 Å². The van der Waals surface area contributed by atoms with Gasteiger partial charge in [-0.25, -0.2) is 0 Å². The summed E-state index contributed by atoms with van der Waals surface area (Å²) in [5, 5.41) is 4.67. The first-order valence-electron chi connectivity index (χ1n) is 6.94. The van der Waals surface area contributed by atoms with Crippen LogP contribution in [0.1, 0.15) is 17.3 Å². The van der Waals surface area contributed by atoms with Crippen molar-refractivity contribution >= 4 is 23.4 Å². The summed E-state index contributed by atoms with van der Waals surface area (Å²) in [6.45, 7) is 2.13. The SMILES string of the molecule is COc1cc(C(=O)NCCNC(=O)C(C)Cl)cc(OC)c1OC. The zero-order valence-corrected chi connectivity index (χ0v) is 14.3. The van der Waals surface area contributed by atoms with Crippen LogP contribution < -0.4 is 24.8 Å². The van der Waals surface area contributed by atoms with Gasteiger partial charge in [0.15, 0.2) is 11.5 Å². The third kappa shape index (κ3) is 5.21. The van der Waals surface area contributed by atoms with E-state index in [1.807, 2.05) is 0 Å². The summed E-state index contributed by atoms with van der Waals surface area (Å²) >= 11 is 5.62. The molecule has 23 heavy (non-hydrogen) atoms. The van der Waals surface area contributed by atoms with Crippen LogP contribution in [0.2, 0.25) is 0 Å². The van der Waals surface area contributed by atoms with Gasteiger partial charge in [-0.2, -0.15) is 0 Å². The fourth-order valence-electron chi connectivity index (χ4n) is 1.82. The molecule has 1 unspecified atom stereocenters. The first-order valence-corrected chi connectivity index (χ1v) is 7.38. The van der Waals surface area contributed by atoms with Crippen molar-refractivity contribution in [2.24, 2.45) is 0 Å². The van der Waals surface area contributed by atoms with Crippen molar-refractivity contribution < 1.29 is 23.8 Å². The molecule has 0 aromatic heterocycles. The Morgan fingerprint density at radius 1 is 1.04 bits per heavy atom. The van der Waals surface area contributed by atoms with E-state index < -0.39 is 5.38 Å². The molecule has 0 saturated heterocycles. The van der Waals surface area contributed by atoms with E-state index in [9.17, 15) is 9.59 Å². The first-order chi connectivity index (χ1) is 10.9. The summed E-state index contributed by atoms with van der Waals surface area (Å²) in [6.07, 6.45) is 0. The van der Waals surface area contributed by atoms with Gasteiger partial charge in [-0.15, -0.1) is 11.6 Å². The van der Waals surface area contributed by atoms with Crippen LogP contribution in [0, 0.1) is 0 Å². The van der Waals surface area contributed by atoms with E-state index in [1.165, 1.54) is 21.3 Å². The van der Waals surface area contributed by atoms with Gasteiger partial charge in [0.25, 0.3) is 5.91 Å². The summed E-state index contributed by atoms with van der Waals surface area (Å²) in [5.74, 6) is 0.587. The van der Waals surface area contributed by atoms with E-state index in [1.54, 1.807) is 19.1 Å². The standard InChI is InChI=1S/C15H21ClN2O5/c1-9(16)14(19)17-5-6-18-15(20)10-7-11(21-2)13(23-4)12(8-10)22-3/h7-9H,5-6H2,1-4H3,(H,17,19)(H,18,20). The second-order valence-electron chi connectivity index (χ2n) is 4.58. The van der Waals surface area contributed by atoms with Crippen molar-refractivity contribution in [1.82, 2.24) is 10.6 Å². The maximum atomic E-state index is 12.2. The lowest BCUT2D eigenvalue weighted by molar-refractivity contribution is -0.120. The van der Waals surface area contributed by atoms with E-state index in [-0.39, 0.29) is 24.9 Å². The van der Waals surface area contributed by atoms with Gasteiger partial charge in [0.2, 0.25) is 11.7 Å². The number of nitrogens with one attached hydrogen (secondary N) is 2. The predicted octanol–water partition coefficient (Wildman–Crippen LogP) is 1.19.